The zero-order valence-electron chi connectivity index (χ0n) is 19.3. The van der Waals surface area contributed by atoms with E-state index < -0.39 is 0 Å². The predicted molar refractivity (Wildman–Crippen MR) is 132 cm³/mol. The minimum absolute atomic E-state index is 0.481. The number of nitrogens with one attached hydrogen (secondary N) is 1. The standard InChI is InChI=1S/C28H32N2O/c1-6-25(28(30-19(2)3)16-20(4)18-31)26-17-24(10-9-21(26)5)22-11-13-23(14-12-22)27-8-7-15-29-27/h6,9-14,16-17,27,29H,7-8,15H2,1-5H3/b25-6+,28-16-. The molecule has 0 radical (unpaired) electrons. The van der Waals surface area contributed by atoms with E-state index in [2.05, 4.69) is 60.8 Å². The van der Waals surface area contributed by atoms with Crippen LogP contribution in [-0.2, 0) is 4.79 Å². The molecule has 0 amide bonds. The zero-order valence-corrected chi connectivity index (χ0v) is 19.3. The second-order valence-electron chi connectivity index (χ2n) is 8.38. The van der Waals surface area contributed by atoms with Crippen LogP contribution in [0.15, 0.2) is 70.9 Å². The Bertz CT molecular complexity index is 1070. The Morgan fingerprint density at radius 1 is 1.10 bits per heavy atom. The first-order valence-electron chi connectivity index (χ1n) is 11.0. The molecule has 2 aromatic rings. The number of hydrogen-bond donors (Lipinski definition) is 1. The van der Waals surface area contributed by atoms with Gasteiger partial charge in [-0.25, -0.2) is 4.79 Å². The van der Waals surface area contributed by atoms with Gasteiger partial charge >= 0.3 is 0 Å². The van der Waals surface area contributed by atoms with Crippen molar-refractivity contribution in [2.45, 2.75) is 53.5 Å². The first kappa shape index (κ1) is 22.7. The number of aliphatic imine (C=N–C) groups is 1. The highest BCUT2D eigenvalue weighted by Gasteiger charge is 2.16. The van der Waals surface area contributed by atoms with Crippen LogP contribution >= 0.6 is 0 Å². The van der Waals surface area contributed by atoms with Gasteiger partial charge in [-0.05, 0) is 94.0 Å². The molecule has 1 atom stereocenters. The van der Waals surface area contributed by atoms with Crippen LogP contribution in [0, 0.1) is 6.92 Å². The topological polar surface area (TPSA) is 41.5 Å². The molecule has 1 fully saturated rings. The maximum Gasteiger partial charge on any atom is 0.127 e. The number of aryl methyl sites for hydroxylation is 1. The van der Waals surface area contributed by atoms with Crippen molar-refractivity contribution < 1.29 is 4.79 Å². The normalized spacial score (nSPS) is 16.7. The molecule has 1 heterocycles. The molecule has 1 N–H and O–H groups in total. The van der Waals surface area contributed by atoms with Gasteiger partial charge in [0.2, 0.25) is 0 Å². The summed E-state index contributed by atoms with van der Waals surface area (Å²) in [5.41, 5.74) is 9.29. The molecule has 160 valence electrons. The SMILES string of the molecule is C/C=C(/C(=C/C(C)=C=O)N=C(C)C)c1cc(-c2ccc(C3CCCN3)cc2)ccc1C. The average molecular weight is 413 g/mol. The maximum absolute atomic E-state index is 11.1. The van der Waals surface area contributed by atoms with Crippen molar-refractivity contribution in [1.82, 2.24) is 5.32 Å². The molecule has 1 saturated heterocycles. The summed E-state index contributed by atoms with van der Waals surface area (Å²) in [5, 5.41) is 3.56. The van der Waals surface area contributed by atoms with E-state index in [0.717, 1.165) is 29.1 Å². The monoisotopic (exact) mass is 412 g/mol. The van der Waals surface area contributed by atoms with Crippen LogP contribution < -0.4 is 5.32 Å². The molecule has 3 heteroatoms. The Labute approximate surface area is 186 Å². The van der Waals surface area contributed by atoms with Gasteiger partial charge in [-0.15, -0.1) is 0 Å². The number of rotatable bonds is 6. The third-order valence-electron chi connectivity index (χ3n) is 5.66. The second kappa shape index (κ2) is 10.3. The third kappa shape index (κ3) is 5.58. The van der Waals surface area contributed by atoms with E-state index in [1.807, 2.05) is 32.8 Å². The Kier molecular flexibility index (Phi) is 7.57. The quantitative estimate of drug-likeness (QED) is 0.328. The van der Waals surface area contributed by atoms with E-state index in [1.54, 1.807) is 6.92 Å². The van der Waals surface area contributed by atoms with Crippen molar-refractivity contribution in [3.8, 4) is 11.1 Å². The van der Waals surface area contributed by atoms with Gasteiger partial charge in [-0.1, -0.05) is 42.5 Å². The van der Waals surface area contributed by atoms with E-state index in [0.29, 0.717) is 11.6 Å². The molecule has 0 spiro atoms. The molecule has 0 bridgehead atoms. The third-order valence-corrected chi connectivity index (χ3v) is 5.66. The smallest absolute Gasteiger partial charge is 0.127 e. The summed E-state index contributed by atoms with van der Waals surface area (Å²) in [7, 11) is 0. The van der Waals surface area contributed by atoms with Gasteiger partial charge in [-0.2, -0.15) is 0 Å². The number of carbonyl (C=O) groups excluding carboxylic acids is 1. The van der Waals surface area contributed by atoms with Crippen LogP contribution in [0.1, 0.15) is 63.3 Å². The highest BCUT2D eigenvalue weighted by molar-refractivity contribution is 5.88. The molecule has 0 saturated carbocycles. The fraction of sp³-hybridized carbons (Fsp3) is 0.321. The van der Waals surface area contributed by atoms with Crippen LogP contribution in [0.25, 0.3) is 16.7 Å². The van der Waals surface area contributed by atoms with Crippen molar-refractivity contribution in [1.29, 1.82) is 0 Å². The summed E-state index contributed by atoms with van der Waals surface area (Å²) >= 11 is 0. The van der Waals surface area contributed by atoms with Crippen LogP contribution in [0.4, 0.5) is 0 Å². The van der Waals surface area contributed by atoms with E-state index in [9.17, 15) is 4.79 Å². The number of nitrogens with zero attached hydrogens (tertiary/aromatic N) is 1. The van der Waals surface area contributed by atoms with E-state index >= 15 is 0 Å². The molecule has 1 unspecified atom stereocenters. The average Bonchev–Trinajstić information content (AvgIpc) is 3.30. The highest BCUT2D eigenvalue weighted by Crippen LogP contribution is 2.32. The fourth-order valence-electron chi connectivity index (χ4n) is 4.06. The van der Waals surface area contributed by atoms with Crippen molar-refractivity contribution in [2.24, 2.45) is 4.99 Å². The molecule has 2 aromatic carbocycles. The molecule has 1 aliphatic heterocycles. The molecular weight excluding hydrogens is 380 g/mol. The summed E-state index contributed by atoms with van der Waals surface area (Å²) in [6, 6.07) is 15.9. The minimum Gasteiger partial charge on any atom is -0.310 e. The number of allylic oxidation sites excluding steroid dienone is 4. The van der Waals surface area contributed by atoms with Crippen LogP contribution in [-0.4, -0.2) is 18.2 Å². The Hall–Kier alpha value is -3.00. The summed E-state index contributed by atoms with van der Waals surface area (Å²) in [6.07, 6.45) is 6.33. The molecule has 31 heavy (non-hydrogen) atoms. The second-order valence-corrected chi connectivity index (χ2v) is 8.38. The summed E-state index contributed by atoms with van der Waals surface area (Å²) in [5.74, 6) is 1.97. The first-order chi connectivity index (χ1) is 14.9. The number of benzene rings is 2. The highest BCUT2D eigenvalue weighted by atomic mass is 16.1. The molecule has 3 rings (SSSR count). The van der Waals surface area contributed by atoms with Crippen molar-refractivity contribution in [2.75, 3.05) is 6.54 Å². The van der Waals surface area contributed by atoms with Crippen LogP contribution in [0.3, 0.4) is 0 Å². The first-order valence-corrected chi connectivity index (χ1v) is 11.0. The van der Waals surface area contributed by atoms with Gasteiger partial charge in [0, 0.05) is 22.9 Å². The lowest BCUT2D eigenvalue weighted by molar-refractivity contribution is 0.567. The van der Waals surface area contributed by atoms with Crippen molar-refractivity contribution in [3.05, 3.63) is 82.6 Å². The fourth-order valence-corrected chi connectivity index (χ4v) is 4.06. The van der Waals surface area contributed by atoms with Crippen molar-refractivity contribution >= 4 is 17.2 Å². The number of hydrogen-bond acceptors (Lipinski definition) is 3. The minimum atomic E-state index is 0.481. The van der Waals surface area contributed by atoms with E-state index in [1.165, 1.54) is 35.1 Å². The lowest BCUT2D eigenvalue weighted by Gasteiger charge is -2.15. The molecule has 3 nitrogen and oxygen atoms in total. The Morgan fingerprint density at radius 2 is 1.81 bits per heavy atom. The maximum atomic E-state index is 11.1. The van der Waals surface area contributed by atoms with Crippen LogP contribution in [0.2, 0.25) is 0 Å². The summed E-state index contributed by atoms with van der Waals surface area (Å²) < 4.78 is 0. The lowest BCUT2D eigenvalue weighted by Crippen LogP contribution is -2.12. The van der Waals surface area contributed by atoms with Gasteiger partial charge < -0.3 is 5.32 Å². The van der Waals surface area contributed by atoms with Crippen LogP contribution in [0.5, 0.6) is 0 Å². The molecular formula is C28H32N2O. The zero-order chi connectivity index (χ0) is 22.4. The van der Waals surface area contributed by atoms with Gasteiger partial charge in [0.15, 0.2) is 0 Å². The predicted octanol–water partition coefficient (Wildman–Crippen LogP) is 6.63. The Balaban J connectivity index is 2.01. The largest absolute Gasteiger partial charge is 0.310 e. The van der Waals surface area contributed by atoms with Gasteiger partial charge in [0.25, 0.3) is 0 Å². The van der Waals surface area contributed by atoms with Gasteiger partial charge in [-0.3, -0.25) is 4.99 Å². The van der Waals surface area contributed by atoms with Gasteiger partial charge in [0.05, 0.1) is 5.70 Å². The molecule has 0 aliphatic carbocycles. The van der Waals surface area contributed by atoms with E-state index in [-0.39, 0.29) is 0 Å². The van der Waals surface area contributed by atoms with Gasteiger partial charge in [0.1, 0.15) is 5.94 Å². The molecule has 0 aromatic heterocycles. The van der Waals surface area contributed by atoms with E-state index in [4.69, 9.17) is 4.99 Å². The summed E-state index contributed by atoms with van der Waals surface area (Å²) in [4.78, 5) is 15.8. The lowest BCUT2D eigenvalue weighted by atomic mass is 9.92. The summed E-state index contributed by atoms with van der Waals surface area (Å²) in [6.45, 7) is 10.9. The van der Waals surface area contributed by atoms with Crippen molar-refractivity contribution in [3.63, 3.8) is 0 Å². The Morgan fingerprint density at radius 3 is 2.39 bits per heavy atom. The molecule has 1 aliphatic rings.